The summed E-state index contributed by atoms with van der Waals surface area (Å²) in [5.74, 6) is -3.05. The van der Waals surface area contributed by atoms with Crippen LogP contribution in [0.3, 0.4) is 0 Å². The molecular weight excluding hydrogens is 295 g/mol. The Hall–Kier alpha value is -2.57. The fourth-order valence-electron chi connectivity index (χ4n) is 1.78. The summed E-state index contributed by atoms with van der Waals surface area (Å²) < 4.78 is 28.8. The Morgan fingerprint density at radius 2 is 2.00 bits per heavy atom. The van der Waals surface area contributed by atoms with Crippen molar-refractivity contribution in [2.24, 2.45) is 0 Å². The highest BCUT2D eigenvalue weighted by Gasteiger charge is 2.25. The van der Waals surface area contributed by atoms with E-state index in [1.165, 1.54) is 6.07 Å². The van der Waals surface area contributed by atoms with E-state index in [1.54, 1.807) is 20.8 Å². The zero-order valence-electron chi connectivity index (χ0n) is 12.3. The molecule has 2 rings (SSSR count). The van der Waals surface area contributed by atoms with Crippen molar-refractivity contribution in [3.05, 3.63) is 29.1 Å². The second kappa shape index (κ2) is 5.67. The Bertz CT molecular complexity index is 657. The normalized spacial score (nSPS) is 13.9. The number of hydrogen-bond donors (Lipinski definition) is 1. The fraction of sp³-hybridized carbons (Fsp3) is 0.333. The molecule has 0 aromatic heterocycles. The molecule has 118 valence electrons. The van der Waals surface area contributed by atoms with E-state index in [9.17, 15) is 14.0 Å². The van der Waals surface area contributed by atoms with Crippen molar-refractivity contribution in [1.29, 1.82) is 0 Å². The van der Waals surface area contributed by atoms with Crippen LogP contribution in [0.15, 0.2) is 17.7 Å². The summed E-state index contributed by atoms with van der Waals surface area (Å²) in [6.45, 7) is 4.73. The molecule has 1 aliphatic heterocycles. The van der Waals surface area contributed by atoms with Gasteiger partial charge in [0, 0.05) is 0 Å². The number of aliphatic carboxylic acids is 1. The maximum absolute atomic E-state index is 13.8. The first-order chi connectivity index (χ1) is 10.2. The maximum atomic E-state index is 13.8. The van der Waals surface area contributed by atoms with E-state index >= 15 is 0 Å². The molecule has 1 N–H and O–H groups in total. The molecule has 1 aliphatic rings. The Morgan fingerprint density at radius 3 is 2.59 bits per heavy atom. The van der Waals surface area contributed by atoms with E-state index in [1.807, 2.05) is 0 Å². The Morgan fingerprint density at radius 1 is 1.32 bits per heavy atom. The third-order valence-electron chi connectivity index (χ3n) is 2.61. The topological polar surface area (TPSA) is 82.1 Å². The van der Waals surface area contributed by atoms with Gasteiger partial charge in [0.05, 0.1) is 0 Å². The molecule has 0 amide bonds. The summed E-state index contributed by atoms with van der Waals surface area (Å²) in [5.41, 5.74) is -1.29. The minimum absolute atomic E-state index is 0.0358. The van der Waals surface area contributed by atoms with Gasteiger partial charge in [-0.3, -0.25) is 0 Å². The van der Waals surface area contributed by atoms with Gasteiger partial charge in [-0.2, -0.15) is 0 Å². The highest BCUT2D eigenvalue weighted by atomic mass is 19.1. The third-order valence-corrected chi connectivity index (χ3v) is 2.61. The molecule has 0 bridgehead atoms. The summed E-state index contributed by atoms with van der Waals surface area (Å²) >= 11 is 0. The first-order valence-corrected chi connectivity index (χ1v) is 6.45. The van der Waals surface area contributed by atoms with Crippen molar-refractivity contribution in [3.63, 3.8) is 0 Å². The van der Waals surface area contributed by atoms with E-state index in [-0.39, 0.29) is 23.9 Å². The molecule has 0 aliphatic carbocycles. The lowest BCUT2D eigenvalue weighted by Crippen LogP contribution is -2.27. The molecule has 22 heavy (non-hydrogen) atoms. The summed E-state index contributed by atoms with van der Waals surface area (Å²) in [5, 5.41) is 9.15. The number of carbonyl (C=O) groups excluding carboxylic acids is 1. The van der Waals surface area contributed by atoms with Crippen LogP contribution in [0, 0.1) is 5.82 Å². The molecule has 1 aromatic rings. The van der Waals surface area contributed by atoms with Gasteiger partial charge >= 0.3 is 11.9 Å². The third kappa shape index (κ3) is 3.55. The molecule has 0 unspecified atom stereocenters. The minimum Gasteiger partial charge on any atom is -0.477 e. The lowest BCUT2D eigenvalue weighted by molar-refractivity contribution is -0.152. The molecule has 0 saturated heterocycles. The number of ether oxygens (including phenoxy) is 3. The maximum Gasteiger partial charge on any atom is 0.346 e. The molecule has 1 heterocycles. The summed E-state index contributed by atoms with van der Waals surface area (Å²) in [6.07, 6.45) is 1.03. The van der Waals surface area contributed by atoms with Crippen LogP contribution in [-0.2, 0) is 14.3 Å². The standard InChI is InChI=1S/C15H15FO6/c1-15(2,3)22-14(19)9(13(17)18)4-8-5-10(16)12-11(6-8)20-7-21-12/h4-6H,7H2,1-3H3,(H,17,18)/b9-4+. The number of fused-ring (bicyclic) bond motifs is 1. The first-order valence-electron chi connectivity index (χ1n) is 6.45. The number of carbonyl (C=O) groups is 2. The largest absolute Gasteiger partial charge is 0.477 e. The van der Waals surface area contributed by atoms with E-state index in [0.29, 0.717) is 0 Å². The van der Waals surface area contributed by atoms with Gasteiger partial charge in [-0.1, -0.05) is 0 Å². The molecule has 6 nitrogen and oxygen atoms in total. The highest BCUT2D eigenvalue weighted by Crippen LogP contribution is 2.36. The molecular formula is C15H15FO6. The van der Waals surface area contributed by atoms with Crippen molar-refractivity contribution in [3.8, 4) is 11.5 Å². The van der Waals surface area contributed by atoms with Crippen LogP contribution in [-0.4, -0.2) is 29.4 Å². The highest BCUT2D eigenvalue weighted by molar-refractivity contribution is 6.17. The average molecular weight is 310 g/mol. The van der Waals surface area contributed by atoms with Crippen LogP contribution in [0.25, 0.3) is 6.08 Å². The van der Waals surface area contributed by atoms with Gasteiger partial charge in [0.2, 0.25) is 12.5 Å². The Labute approximate surface area is 126 Å². The smallest absolute Gasteiger partial charge is 0.346 e. The minimum atomic E-state index is -1.47. The Kier molecular flexibility index (Phi) is 4.07. The SMILES string of the molecule is CC(C)(C)OC(=O)/C(=C/c1cc(F)c2c(c1)OCO2)C(=O)O. The Balaban J connectivity index is 2.37. The molecule has 0 spiro atoms. The molecule has 0 atom stereocenters. The number of carboxylic acids is 1. The van der Waals surface area contributed by atoms with Crippen LogP contribution >= 0.6 is 0 Å². The van der Waals surface area contributed by atoms with Crippen LogP contribution < -0.4 is 9.47 Å². The lowest BCUT2D eigenvalue weighted by atomic mass is 10.1. The van der Waals surface area contributed by atoms with Gasteiger partial charge in [0.25, 0.3) is 0 Å². The van der Waals surface area contributed by atoms with Crippen LogP contribution in [0.1, 0.15) is 26.3 Å². The number of halogens is 1. The van der Waals surface area contributed by atoms with Gasteiger partial charge in [0.15, 0.2) is 11.6 Å². The van der Waals surface area contributed by atoms with Gasteiger partial charge in [-0.25, -0.2) is 14.0 Å². The van der Waals surface area contributed by atoms with Crippen LogP contribution in [0.4, 0.5) is 4.39 Å². The van der Waals surface area contributed by atoms with Gasteiger partial charge < -0.3 is 19.3 Å². The zero-order chi connectivity index (χ0) is 16.5. The zero-order valence-corrected chi connectivity index (χ0v) is 12.3. The summed E-state index contributed by atoms with van der Waals surface area (Å²) in [4.78, 5) is 23.1. The molecule has 0 radical (unpaired) electrons. The number of rotatable bonds is 3. The molecule has 0 saturated carbocycles. The van der Waals surface area contributed by atoms with E-state index in [0.717, 1.165) is 12.1 Å². The molecule has 0 fully saturated rings. The number of benzene rings is 1. The monoisotopic (exact) mass is 310 g/mol. The lowest BCUT2D eigenvalue weighted by Gasteiger charge is -2.19. The van der Waals surface area contributed by atoms with Gasteiger partial charge in [0.1, 0.15) is 11.2 Å². The second-order valence-corrected chi connectivity index (χ2v) is 5.60. The van der Waals surface area contributed by atoms with Gasteiger partial charge in [-0.05, 0) is 44.5 Å². The van der Waals surface area contributed by atoms with E-state index in [2.05, 4.69) is 0 Å². The van der Waals surface area contributed by atoms with Crippen molar-refractivity contribution < 1.29 is 33.3 Å². The molecule has 1 aromatic carbocycles. The van der Waals surface area contributed by atoms with E-state index < -0.39 is 28.9 Å². The van der Waals surface area contributed by atoms with E-state index in [4.69, 9.17) is 19.3 Å². The van der Waals surface area contributed by atoms with Crippen molar-refractivity contribution in [2.75, 3.05) is 6.79 Å². The number of carboxylic acid groups (broad SMARTS) is 1. The number of esters is 1. The van der Waals surface area contributed by atoms with Crippen LogP contribution in [0.5, 0.6) is 11.5 Å². The quantitative estimate of drug-likeness (QED) is 0.399. The second-order valence-electron chi connectivity index (χ2n) is 5.60. The number of hydrogen-bond acceptors (Lipinski definition) is 5. The predicted molar refractivity (Wildman–Crippen MR) is 74.0 cm³/mol. The van der Waals surface area contributed by atoms with Crippen molar-refractivity contribution in [1.82, 2.24) is 0 Å². The van der Waals surface area contributed by atoms with Crippen molar-refractivity contribution in [2.45, 2.75) is 26.4 Å². The van der Waals surface area contributed by atoms with Crippen LogP contribution in [0.2, 0.25) is 0 Å². The summed E-state index contributed by atoms with van der Waals surface area (Å²) in [7, 11) is 0. The average Bonchev–Trinajstić information content (AvgIpc) is 2.82. The van der Waals surface area contributed by atoms with Gasteiger partial charge in [-0.15, -0.1) is 0 Å². The van der Waals surface area contributed by atoms with Crippen molar-refractivity contribution >= 4 is 18.0 Å². The fourth-order valence-corrected chi connectivity index (χ4v) is 1.78. The first kappa shape index (κ1) is 15.8. The molecule has 7 heteroatoms. The summed E-state index contributed by atoms with van der Waals surface area (Å²) in [6, 6.07) is 2.44. The predicted octanol–water partition coefficient (Wildman–Crippen LogP) is 2.36.